The highest BCUT2D eigenvalue weighted by Crippen LogP contribution is 2.35. The molecule has 0 aliphatic heterocycles. The van der Waals surface area contributed by atoms with E-state index in [0.29, 0.717) is 6.61 Å². The van der Waals surface area contributed by atoms with Crippen LogP contribution in [0.25, 0.3) is 0 Å². The van der Waals surface area contributed by atoms with Crippen molar-refractivity contribution >= 4 is 0 Å². The van der Waals surface area contributed by atoms with Crippen LogP contribution in [0.15, 0.2) is 0 Å². The smallest absolute Gasteiger partial charge is 0.0499 e. The quantitative estimate of drug-likeness (QED) is 0.560. The number of rotatable bonds is 6. The third-order valence-corrected chi connectivity index (χ3v) is 3.26. The van der Waals surface area contributed by atoms with Gasteiger partial charge in [0.1, 0.15) is 0 Å². The molecule has 0 heterocycles. The van der Waals surface area contributed by atoms with E-state index in [1.165, 1.54) is 19.3 Å². The first-order valence-corrected chi connectivity index (χ1v) is 5.75. The summed E-state index contributed by atoms with van der Waals surface area (Å²) in [4.78, 5) is 0. The standard InChI is InChI=1S/C11H23NO2/c13-8-4-7-12-9-11(10-14)5-2-1-3-6-11/h12-14H,1-10H2. The molecule has 0 unspecified atom stereocenters. The van der Waals surface area contributed by atoms with Crippen LogP contribution in [0.4, 0.5) is 0 Å². The summed E-state index contributed by atoms with van der Waals surface area (Å²) in [5.74, 6) is 0. The minimum Gasteiger partial charge on any atom is -0.396 e. The van der Waals surface area contributed by atoms with Crippen molar-refractivity contribution in [1.82, 2.24) is 5.32 Å². The van der Waals surface area contributed by atoms with Crippen LogP contribution < -0.4 is 5.32 Å². The third kappa shape index (κ3) is 3.56. The molecule has 1 fully saturated rings. The molecule has 0 aromatic rings. The molecule has 1 aliphatic carbocycles. The van der Waals surface area contributed by atoms with Crippen molar-refractivity contribution in [1.29, 1.82) is 0 Å². The first kappa shape index (κ1) is 12.0. The van der Waals surface area contributed by atoms with Gasteiger partial charge in [0.2, 0.25) is 0 Å². The highest BCUT2D eigenvalue weighted by molar-refractivity contribution is 4.84. The van der Waals surface area contributed by atoms with Gasteiger partial charge in [0.25, 0.3) is 0 Å². The fourth-order valence-electron chi connectivity index (χ4n) is 2.25. The Hall–Kier alpha value is -0.120. The first-order chi connectivity index (χ1) is 6.83. The largest absolute Gasteiger partial charge is 0.396 e. The number of hydrogen-bond acceptors (Lipinski definition) is 3. The first-order valence-electron chi connectivity index (χ1n) is 5.75. The Labute approximate surface area is 86.5 Å². The minimum absolute atomic E-state index is 0.133. The monoisotopic (exact) mass is 201 g/mol. The van der Waals surface area contributed by atoms with Crippen LogP contribution in [0.3, 0.4) is 0 Å². The Bertz CT molecular complexity index is 144. The second-order valence-corrected chi connectivity index (χ2v) is 4.47. The molecule has 0 radical (unpaired) electrons. The van der Waals surface area contributed by atoms with Crippen molar-refractivity contribution in [2.24, 2.45) is 5.41 Å². The van der Waals surface area contributed by atoms with Crippen molar-refractivity contribution < 1.29 is 10.2 Å². The van der Waals surface area contributed by atoms with Gasteiger partial charge in [-0.15, -0.1) is 0 Å². The number of aliphatic hydroxyl groups excluding tert-OH is 2. The van der Waals surface area contributed by atoms with Gasteiger partial charge < -0.3 is 15.5 Å². The van der Waals surface area contributed by atoms with Gasteiger partial charge in [0.05, 0.1) is 0 Å². The average molecular weight is 201 g/mol. The Morgan fingerprint density at radius 2 is 1.79 bits per heavy atom. The summed E-state index contributed by atoms with van der Waals surface area (Å²) in [6.45, 7) is 2.32. The maximum Gasteiger partial charge on any atom is 0.0499 e. The Morgan fingerprint density at radius 1 is 1.07 bits per heavy atom. The molecule has 0 atom stereocenters. The number of aliphatic hydroxyl groups is 2. The van der Waals surface area contributed by atoms with Crippen molar-refractivity contribution in [3.05, 3.63) is 0 Å². The number of nitrogens with one attached hydrogen (secondary N) is 1. The lowest BCUT2D eigenvalue weighted by atomic mass is 9.74. The van der Waals surface area contributed by atoms with Gasteiger partial charge in [-0.2, -0.15) is 0 Å². The molecule has 0 bridgehead atoms. The van der Waals surface area contributed by atoms with Gasteiger partial charge >= 0.3 is 0 Å². The molecule has 0 aromatic carbocycles. The highest BCUT2D eigenvalue weighted by atomic mass is 16.3. The topological polar surface area (TPSA) is 52.5 Å². The molecule has 0 saturated heterocycles. The van der Waals surface area contributed by atoms with Crippen LogP contribution in [-0.2, 0) is 0 Å². The van der Waals surface area contributed by atoms with E-state index in [4.69, 9.17) is 5.11 Å². The maximum absolute atomic E-state index is 9.41. The summed E-state index contributed by atoms with van der Waals surface area (Å²) >= 11 is 0. The Kier molecular flexibility index (Phi) is 5.45. The maximum atomic E-state index is 9.41. The molecule has 0 aromatic heterocycles. The van der Waals surface area contributed by atoms with Crippen molar-refractivity contribution in [2.45, 2.75) is 38.5 Å². The summed E-state index contributed by atoms with van der Waals surface area (Å²) in [7, 11) is 0. The molecular formula is C11H23NO2. The van der Waals surface area contributed by atoms with E-state index in [1.54, 1.807) is 0 Å². The predicted molar refractivity (Wildman–Crippen MR) is 57.2 cm³/mol. The van der Waals surface area contributed by atoms with E-state index < -0.39 is 0 Å². The summed E-state index contributed by atoms with van der Waals surface area (Å²) < 4.78 is 0. The molecule has 1 saturated carbocycles. The van der Waals surface area contributed by atoms with Crippen LogP contribution in [-0.4, -0.2) is 36.5 Å². The lowest BCUT2D eigenvalue weighted by Crippen LogP contribution is -2.39. The zero-order valence-corrected chi connectivity index (χ0v) is 8.97. The molecule has 1 aliphatic rings. The average Bonchev–Trinajstić information content (AvgIpc) is 2.26. The zero-order chi connectivity index (χ0) is 10.3. The molecule has 0 spiro atoms. The summed E-state index contributed by atoms with van der Waals surface area (Å²) in [6, 6.07) is 0. The van der Waals surface area contributed by atoms with Gasteiger partial charge in [0.15, 0.2) is 0 Å². The van der Waals surface area contributed by atoms with Gasteiger partial charge in [0, 0.05) is 25.2 Å². The zero-order valence-electron chi connectivity index (χ0n) is 8.97. The summed E-state index contributed by atoms with van der Waals surface area (Å²) in [6.07, 6.45) is 6.93. The molecule has 3 heteroatoms. The van der Waals surface area contributed by atoms with Crippen LogP contribution in [0.1, 0.15) is 38.5 Å². The van der Waals surface area contributed by atoms with E-state index in [-0.39, 0.29) is 12.0 Å². The fraction of sp³-hybridized carbons (Fsp3) is 1.00. The Morgan fingerprint density at radius 3 is 2.36 bits per heavy atom. The van der Waals surface area contributed by atoms with Crippen molar-refractivity contribution in [3.8, 4) is 0 Å². The van der Waals surface area contributed by atoms with Gasteiger partial charge in [-0.1, -0.05) is 19.3 Å². The van der Waals surface area contributed by atoms with E-state index in [1.807, 2.05) is 0 Å². The predicted octanol–water partition coefficient (Wildman–Crippen LogP) is 0.901. The SMILES string of the molecule is OCCCNCC1(CO)CCCCC1. The molecule has 84 valence electrons. The van der Waals surface area contributed by atoms with Crippen molar-refractivity contribution in [2.75, 3.05) is 26.3 Å². The van der Waals surface area contributed by atoms with Gasteiger partial charge in [-0.3, -0.25) is 0 Å². The molecule has 3 N–H and O–H groups in total. The summed E-state index contributed by atoms with van der Waals surface area (Å²) in [5.41, 5.74) is 0.133. The molecule has 14 heavy (non-hydrogen) atoms. The normalized spacial score (nSPS) is 21.0. The van der Waals surface area contributed by atoms with E-state index in [9.17, 15) is 5.11 Å². The second-order valence-electron chi connectivity index (χ2n) is 4.47. The lowest BCUT2D eigenvalue weighted by molar-refractivity contribution is 0.0811. The molecular weight excluding hydrogens is 178 g/mol. The third-order valence-electron chi connectivity index (χ3n) is 3.26. The summed E-state index contributed by atoms with van der Waals surface area (Å²) in [5, 5.41) is 21.4. The van der Waals surface area contributed by atoms with E-state index >= 15 is 0 Å². The van der Waals surface area contributed by atoms with E-state index in [0.717, 1.165) is 32.4 Å². The van der Waals surface area contributed by atoms with Crippen LogP contribution in [0.2, 0.25) is 0 Å². The fourth-order valence-corrected chi connectivity index (χ4v) is 2.25. The van der Waals surface area contributed by atoms with Crippen LogP contribution in [0.5, 0.6) is 0 Å². The van der Waals surface area contributed by atoms with Gasteiger partial charge in [-0.25, -0.2) is 0 Å². The molecule has 0 amide bonds. The number of hydrogen-bond donors (Lipinski definition) is 3. The van der Waals surface area contributed by atoms with E-state index in [2.05, 4.69) is 5.32 Å². The lowest BCUT2D eigenvalue weighted by Gasteiger charge is -2.35. The van der Waals surface area contributed by atoms with Gasteiger partial charge in [-0.05, 0) is 25.8 Å². The minimum atomic E-state index is 0.133. The highest BCUT2D eigenvalue weighted by Gasteiger charge is 2.30. The van der Waals surface area contributed by atoms with Crippen LogP contribution >= 0.6 is 0 Å². The molecule has 3 nitrogen and oxygen atoms in total. The molecule has 1 rings (SSSR count). The van der Waals surface area contributed by atoms with Crippen molar-refractivity contribution in [3.63, 3.8) is 0 Å². The second kappa shape index (κ2) is 6.38. The Balaban J connectivity index is 2.22. The van der Waals surface area contributed by atoms with Crippen LogP contribution in [0, 0.1) is 5.41 Å².